The summed E-state index contributed by atoms with van der Waals surface area (Å²) in [5, 5.41) is 4.94. The van der Waals surface area contributed by atoms with Crippen molar-refractivity contribution in [3.8, 4) is 0 Å². The maximum absolute atomic E-state index is 11.7. The quantitative estimate of drug-likeness (QED) is 0.858. The lowest BCUT2D eigenvalue weighted by atomic mass is 10.2. The van der Waals surface area contributed by atoms with Crippen molar-refractivity contribution in [2.24, 2.45) is 0 Å². The molecule has 0 fully saturated rings. The van der Waals surface area contributed by atoms with Crippen LogP contribution in [0.5, 0.6) is 0 Å². The van der Waals surface area contributed by atoms with Gasteiger partial charge >= 0.3 is 5.97 Å². The van der Waals surface area contributed by atoms with Gasteiger partial charge in [0.2, 0.25) is 0 Å². The average Bonchev–Trinajstić information content (AvgIpc) is 2.92. The van der Waals surface area contributed by atoms with E-state index in [1.54, 1.807) is 12.1 Å². The number of halogens is 1. The van der Waals surface area contributed by atoms with Crippen LogP contribution in [0, 0.1) is 6.92 Å². The molecule has 1 N–H and O–H groups in total. The van der Waals surface area contributed by atoms with Crippen LogP contribution in [0.4, 0.5) is 5.69 Å². The van der Waals surface area contributed by atoms with E-state index in [-0.39, 0.29) is 13.0 Å². The van der Waals surface area contributed by atoms with Gasteiger partial charge in [0, 0.05) is 4.88 Å². The number of ether oxygens (including phenoxy) is 1. The second-order valence-electron chi connectivity index (χ2n) is 4.45. The van der Waals surface area contributed by atoms with Crippen molar-refractivity contribution in [3.05, 3.63) is 51.2 Å². The number of anilines is 1. The van der Waals surface area contributed by atoms with Crippen LogP contribution >= 0.6 is 22.9 Å². The van der Waals surface area contributed by atoms with E-state index in [0.29, 0.717) is 10.7 Å². The van der Waals surface area contributed by atoms with Crippen molar-refractivity contribution in [1.82, 2.24) is 0 Å². The predicted octanol–water partition coefficient (Wildman–Crippen LogP) is 3.43. The van der Waals surface area contributed by atoms with Crippen LogP contribution in [0.3, 0.4) is 0 Å². The van der Waals surface area contributed by atoms with Crippen molar-refractivity contribution in [2.75, 3.05) is 11.9 Å². The molecule has 1 amide bonds. The molecule has 2 rings (SSSR count). The SMILES string of the molecule is Cc1ccc(NC(=O)COC(=O)Cc2cccs2)c(Cl)c1. The summed E-state index contributed by atoms with van der Waals surface area (Å²) in [5.41, 5.74) is 1.50. The number of hydrogen-bond acceptors (Lipinski definition) is 4. The third kappa shape index (κ3) is 4.88. The zero-order valence-electron chi connectivity index (χ0n) is 11.4. The molecule has 0 saturated heterocycles. The number of amides is 1. The first-order valence-corrected chi connectivity index (χ1v) is 7.54. The molecular formula is C15H14ClNO3S. The molecule has 6 heteroatoms. The van der Waals surface area contributed by atoms with Gasteiger partial charge in [0.25, 0.3) is 5.91 Å². The zero-order valence-corrected chi connectivity index (χ0v) is 13.0. The number of thiophene rings is 1. The van der Waals surface area contributed by atoms with E-state index in [9.17, 15) is 9.59 Å². The molecule has 1 aromatic heterocycles. The van der Waals surface area contributed by atoms with Gasteiger partial charge in [-0.2, -0.15) is 0 Å². The minimum atomic E-state index is -0.428. The monoisotopic (exact) mass is 323 g/mol. The second-order valence-corrected chi connectivity index (χ2v) is 5.89. The lowest BCUT2D eigenvalue weighted by Crippen LogP contribution is -2.21. The first-order chi connectivity index (χ1) is 10.0. The Morgan fingerprint density at radius 3 is 2.81 bits per heavy atom. The molecule has 0 aliphatic carbocycles. The Morgan fingerprint density at radius 1 is 1.33 bits per heavy atom. The Labute approximate surface area is 131 Å². The molecule has 110 valence electrons. The highest BCUT2D eigenvalue weighted by molar-refractivity contribution is 7.10. The third-order valence-corrected chi connectivity index (χ3v) is 3.85. The summed E-state index contributed by atoms with van der Waals surface area (Å²) in [7, 11) is 0. The Balaban J connectivity index is 1.80. The maximum atomic E-state index is 11.7. The highest BCUT2D eigenvalue weighted by atomic mass is 35.5. The van der Waals surface area contributed by atoms with E-state index in [1.165, 1.54) is 11.3 Å². The lowest BCUT2D eigenvalue weighted by Gasteiger charge is -2.08. The van der Waals surface area contributed by atoms with Gasteiger partial charge in [-0.3, -0.25) is 9.59 Å². The Hall–Kier alpha value is -1.85. The first kappa shape index (κ1) is 15.5. The summed E-state index contributed by atoms with van der Waals surface area (Å²) >= 11 is 7.48. The van der Waals surface area contributed by atoms with Gasteiger partial charge in [0.15, 0.2) is 6.61 Å². The van der Waals surface area contributed by atoms with E-state index in [2.05, 4.69) is 5.32 Å². The first-order valence-electron chi connectivity index (χ1n) is 6.28. The zero-order chi connectivity index (χ0) is 15.2. The van der Waals surface area contributed by atoms with Crippen molar-refractivity contribution >= 4 is 40.5 Å². The molecule has 0 radical (unpaired) electrons. The van der Waals surface area contributed by atoms with Crippen LogP contribution in [0.15, 0.2) is 35.7 Å². The van der Waals surface area contributed by atoms with E-state index < -0.39 is 11.9 Å². The fourth-order valence-corrected chi connectivity index (χ4v) is 2.63. The molecule has 0 aliphatic rings. The van der Waals surface area contributed by atoms with Crippen LogP contribution in [0.2, 0.25) is 5.02 Å². The fraction of sp³-hybridized carbons (Fsp3) is 0.200. The molecule has 4 nitrogen and oxygen atoms in total. The molecule has 0 saturated carbocycles. The van der Waals surface area contributed by atoms with Crippen molar-refractivity contribution in [2.45, 2.75) is 13.3 Å². The number of carbonyl (C=O) groups excluding carboxylic acids is 2. The smallest absolute Gasteiger partial charge is 0.311 e. The summed E-state index contributed by atoms with van der Waals surface area (Å²) in [6, 6.07) is 9.00. The minimum absolute atomic E-state index is 0.177. The molecule has 21 heavy (non-hydrogen) atoms. The van der Waals surface area contributed by atoms with Gasteiger partial charge in [0.05, 0.1) is 17.1 Å². The summed E-state index contributed by atoms with van der Waals surface area (Å²) < 4.78 is 4.93. The standard InChI is InChI=1S/C15H14ClNO3S/c1-10-4-5-13(12(16)7-10)17-14(18)9-20-15(19)8-11-3-2-6-21-11/h2-7H,8-9H2,1H3,(H,17,18). The van der Waals surface area contributed by atoms with Gasteiger partial charge in [0.1, 0.15) is 0 Å². The topological polar surface area (TPSA) is 55.4 Å². The van der Waals surface area contributed by atoms with Gasteiger partial charge in [-0.25, -0.2) is 0 Å². The number of benzene rings is 1. The maximum Gasteiger partial charge on any atom is 0.311 e. The Morgan fingerprint density at radius 2 is 2.14 bits per heavy atom. The van der Waals surface area contributed by atoms with Crippen LogP contribution in [0.25, 0.3) is 0 Å². The predicted molar refractivity (Wildman–Crippen MR) is 83.8 cm³/mol. The lowest BCUT2D eigenvalue weighted by molar-refractivity contribution is -0.146. The molecule has 0 aliphatic heterocycles. The number of hydrogen-bond donors (Lipinski definition) is 1. The molecule has 0 bridgehead atoms. The van der Waals surface area contributed by atoms with E-state index in [0.717, 1.165) is 10.4 Å². The largest absolute Gasteiger partial charge is 0.455 e. The van der Waals surface area contributed by atoms with Crippen LogP contribution < -0.4 is 5.32 Å². The molecule has 0 atom stereocenters. The number of esters is 1. The summed E-state index contributed by atoms with van der Waals surface area (Å²) in [4.78, 5) is 24.2. The fourth-order valence-electron chi connectivity index (χ4n) is 1.66. The number of rotatable bonds is 5. The van der Waals surface area contributed by atoms with Crippen LogP contribution in [0.1, 0.15) is 10.4 Å². The summed E-state index contributed by atoms with van der Waals surface area (Å²) in [5.74, 6) is -0.845. The number of carbonyl (C=O) groups is 2. The molecule has 0 unspecified atom stereocenters. The summed E-state index contributed by atoms with van der Waals surface area (Å²) in [6.45, 7) is 1.58. The van der Waals surface area contributed by atoms with Gasteiger partial charge in [-0.15, -0.1) is 11.3 Å². The molecule has 1 heterocycles. The van der Waals surface area contributed by atoms with E-state index >= 15 is 0 Å². The van der Waals surface area contributed by atoms with E-state index in [4.69, 9.17) is 16.3 Å². The van der Waals surface area contributed by atoms with Crippen LogP contribution in [-0.4, -0.2) is 18.5 Å². The highest BCUT2D eigenvalue weighted by Gasteiger charge is 2.10. The van der Waals surface area contributed by atoms with Gasteiger partial charge < -0.3 is 10.1 Å². The third-order valence-electron chi connectivity index (χ3n) is 2.66. The summed E-state index contributed by atoms with van der Waals surface area (Å²) in [6.07, 6.45) is 0.177. The van der Waals surface area contributed by atoms with E-state index in [1.807, 2.05) is 30.5 Å². The average molecular weight is 324 g/mol. The Bertz CT molecular complexity index is 640. The number of aryl methyl sites for hydroxylation is 1. The van der Waals surface area contributed by atoms with Crippen molar-refractivity contribution in [1.29, 1.82) is 0 Å². The Kier molecular flexibility index (Phi) is 5.36. The van der Waals surface area contributed by atoms with Gasteiger partial charge in [-0.1, -0.05) is 23.7 Å². The second kappa shape index (κ2) is 7.24. The minimum Gasteiger partial charge on any atom is -0.455 e. The molecule has 2 aromatic rings. The molecule has 1 aromatic carbocycles. The normalized spacial score (nSPS) is 10.2. The van der Waals surface area contributed by atoms with Gasteiger partial charge in [-0.05, 0) is 36.1 Å². The molecule has 0 spiro atoms. The van der Waals surface area contributed by atoms with Crippen LogP contribution in [-0.2, 0) is 20.7 Å². The van der Waals surface area contributed by atoms with Crippen molar-refractivity contribution in [3.63, 3.8) is 0 Å². The highest BCUT2D eigenvalue weighted by Crippen LogP contribution is 2.22. The number of nitrogens with one attached hydrogen (secondary N) is 1. The van der Waals surface area contributed by atoms with Crippen molar-refractivity contribution < 1.29 is 14.3 Å². The molecular weight excluding hydrogens is 310 g/mol.